The molecule has 1 amide bonds. The molecule has 0 aromatic rings. The van der Waals surface area contributed by atoms with Crippen molar-refractivity contribution >= 4 is 5.91 Å². The van der Waals surface area contributed by atoms with Gasteiger partial charge in [-0.05, 0) is 44.9 Å². The highest BCUT2D eigenvalue weighted by Crippen LogP contribution is 2.23. The lowest BCUT2D eigenvalue weighted by Gasteiger charge is -2.40. The second kappa shape index (κ2) is 50.9. The fraction of sp³-hybridized carbons (Fsp3) is 0.885. The van der Waals surface area contributed by atoms with Crippen LogP contribution in [0.3, 0.4) is 0 Å². The van der Waals surface area contributed by atoms with Crippen LogP contribution in [-0.4, -0.2) is 87.5 Å². The Morgan fingerprint density at radius 3 is 1.20 bits per heavy atom. The maximum atomic E-state index is 13.1. The predicted molar refractivity (Wildman–Crippen MR) is 295 cm³/mol. The van der Waals surface area contributed by atoms with E-state index in [0.29, 0.717) is 6.42 Å². The molecule has 0 spiro atoms. The van der Waals surface area contributed by atoms with Gasteiger partial charge in [0.1, 0.15) is 24.4 Å². The van der Waals surface area contributed by atoms with Crippen molar-refractivity contribution in [1.82, 2.24) is 5.32 Å². The van der Waals surface area contributed by atoms with Crippen LogP contribution in [0.25, 0.3) is 0 Å². The van der Waals surface area contributed by atoms with Gasteiger partial charge in [-0.2, -0.15) is 0 Å². The number of allylic oxidation sites excluding steroid dienone is 5. The number of hydrogen-bond acceptors (Lipinski definition) is 8. The number of aliphatic hydroxyl groups is 5. The standard InChI is InChI=1S/C61H115NO8/c1-3-5-7-9-11-13-15-17-19-21-23-24-25-26-27-28-29-30-31-32-33-35-37-39-41-43-45-47-49-51-57(65)62-54(53-69-61-60(68)59(67)58(66)56(52-63)70-61)55(64)50-48-46-44-42-40-38-36-34-22-20-18-16-14-12-10-8-6-4-2/h22,34,40,42,48,50,54-56,58-61,63-64,66-68H,3-21,23-33,35-39,41,43-47,49,51-53H2,1-2H3,(H,62,65)/b34-22+,42-40+,50-48+. The molecule has 1 aliphatic rings. The highest BCUT2D eigenvalue weighted by Gasteiger charge is 2.44. The Morgan fingerprint density at radius 2 is 0.814 bits per heavy atom. The summed E-state index contributed by atoms with van der Waals surface area (Å²) in [6.07, 6.45) is 59.4. The zero-order valence-electron chi connectivity index (χ0n) is 45.8. The molecule has 0 aromatic carbocycles. The molecule has 1 aliphatic heterocycles. The summed E-state index contributed by atoms with van der Waals surface area (Å²) >= 11 is 0. The molecule has 7 unspecified atom stereocenters. The maximum absolute atomic E-state index is 13.1. The average Bonchev–Trinajstić information content (AvgIpc) is 3.36. The topological polar surface area (TPSA) is 149 Å². The number of carbonyl (C=O) groups excluding carboxylic acids is 1. The van der Waals surface area contributed by atoms with E-state index in [4.69, 9.17) is 9.47 Å². The van der Waals surface area contributed by atoms with Crippen LogP contribution in [-0.2, 0) is 14.3 Å². The lowest BCUT2D eigenvalue weighted by molar-refractivity contribution is -0.302. The van der Waals surface area contributed by atoms with Crippen molar-refractivity contribution in [2.45, 2.75) is 333 Å². The first-order chi connectivity index (χ1) is 34.3. The van der Waals surface area contributed by atoms with Crippen LogP contribution < -0.4 is 5.32 Å². The van der Waals surface area contributed by atoms with Crippen molar-refractivity contribution in [3.8, 4) is 0 Å². The highest BCUT2D eigenvalue weighted by molar-refractivity contribution is 5.76. The Labute approximate surface area is 431 Å². The van der Waals surface area contributed by atoms with Crippen LogP contribution in [0.5, 0.6) is 0 Å². The Kier molecular flexibility index (Phi) is 48.3. The SMILES string of the molecule is CCCCCCCCCC/C=C/CC/C=C/CC/C=C/C(O)C(COC1OC(CO)C(O)C(O)C1O)NC(=O)CCCCCCCCCCCCCCCCCCCCCCCCCCCCCCC. The molecule has 0 radical (unpaired) electrons. The number of rotatable bonds is 52. The number of amides is 1. The van der Waals surface area contributed by atoms with E-state index in [0.717, 1.165) is 44.9 Å². The summed E-state index contributed by atoms with van der Waals surface area (Å²) in [5, 5.41) is 54.5. The Hall–Kier alpha value is -1.59. The van der Waals surface area contributed by atoms with E-state index >= 15 is 0 Å². The number of hydrogen-bond donors (Lipinski definition) is 6. The van der Waals surface area contributed by atoms with Crippen molar-refractivity contribution in [1.29, 1.82) is 0 Å². The van der Waals surface area contributed by atoms with Gasteiger partial charge in [0.25, 0.3) is 0 Å². The van der Waals surface area contributed by atoms with Crippen molar-refractivity contribution in [3.63, 3.8) is 0 Å². The van der Waals surface area contributed by atoms with E-state index in [2.05, 4.69) is 43.5 Å². The zero-order chi connectivity index (χ0) is 50.8. The molecule has 9 heteroatoms. The first kappa shape index (κ1) is 66.4. The van der Waals surface area contributed by atoms with Crippen LogP contribution in [0.15, 0.2) is 36.5 Å². The molecule has 1 rings (SSSR count). The molecular formula is C61H115NO8. The van der Waals surface area contributed by atoms with Crippen molar-refractivity contribution in [2.24, 2.45) is 0 Å². The Bertz CT molecular complexity index is 1190. The molecule has 1 saturated heterocycles. The van der Waals surface area contributed by atoms with E-state index in [1.54, 1.807) is 6.08 Å². The molecule has 412 valence electrons. The quantitative estimate of drug-likeness (QED) is 0.0261. The average molecular weight is 991 g/mol. The van der Waals surface area contributed by atoms with Gasteiger partial charge in [0.05, 0.1) is 25.4 Å². The third kappa shape index (κ3) is 39.9. The summed E-state index contributed by atoms with van der Waals surface area (Å²) in [6, 6.07) is -0.826. The number of nitrogens with one attached hydrogen (secondary N) is 1. The molecule has 0 aromatic heterocycles. The summed E-state index contributed by atoms with van der Waals surface area (Å²) in [7, 11) is 0. The van der Waals surface area contributed by atoms with Crippen LogP contribution in [0, 0.1) is 0 Å². The van der Waals surface area contributed by atoms with Gasteiger partial charge >= 0.3 is 0 Å². The summed E-state index contributed by atoms with van der Waals surface area (Å²) in [5.74, 6) is -0.185. The second-order valence-electron chi connectivity index (χ2n) is 21.1. The second-order valence-corrected chi connectivity index (χ2v) is 21.1. The molecular weight excluding hydrogens is 875 g/mol. The van der Waals surface area contributed by atoms with Gasteiger partial charge in [-0.3, -0.25) is 4.79 Å². The monoisotopic (exact) mass is 990 g/mol. The fourth-order valence-electron chi connectivity index (χ4n) is 9.66. The van der Waals surface area contributed by atoms with E-state index in [1.807, 2.05) is 6.08 Å². The Morgan fingerprint density at radius 1 is 0.471 bits per heavy atom. The van der Waals surface area contributed by atoms with Gasteiger partial charge in [0.2, 0.25) is 5.91 Å². The van der Waals surface area contributed by atoms with Crippen LogP contribution in [0.2, 0.25) is 0 Å². The summed E-state index contributed by atoms with van der Waals surface area (Å²) in [6.45, 7) is 3.79. The van der Waals surface area contributed by atoms with Gasteiger partial charge < -0.3 is 40.3 Å². The lowest BCUT2D eigenvalue weighted by Crippen LogP contribution is -2.60. The van der Waals surface area contributed by atoms with E-state index in [-0.39, 0.29) is 12.5 Å². The lowest BCUT2D eigenvalue weighted by atomic mass is 9.99. The molecule has 70 heavy (non-hydrogen) atoms. The normalized spacial score (nSPS) is 19.6. The first-order valence-electron chi connectivity index (χ1n) is 30.2. The molecule has 7 atom stereocenters. The number of unbranched alkanes of at least 4 members (excludes halogenated alkanes) is 38. The summed E-state index contributed by atoms with van der Waals surface area (Å²) < 4.78 is 11.3. The molecule has 9 nitrogen and oxygen atoms in total. The van der Waals surface area contributed by atoms with E-state index in [1.165, 1.54) is 225 Å². The minimum atomic E-state index is -1.57. The summed E-state index contributed by atoms with van der Waals surface area (Å²) in [4.78, 5) is 13.1. The molecule has 6 N–H and O–H groups in total. The molecule has 1 heterocycles. The molecule has 0 saturated carbocycles. The fourth-order valence-corrected chi connectivity index (χ4v) is 9.66. The van der Waals surface area contributed by atoms with Crippen LogP contribution in [0.4, 0.5) is 0 Å². The van der Waals surface area contributed by atoms with Gasteiger partial charge in [0, 0.05) is 6.42 Å². The van der Waals surface area contributed by atoms with Crippen LogP contribution in [0.1, 0.15) is 290 Å². The largest absolute Gasteiger partial charge is 0.394 e. The third-order valence-electron chi connectivity index (χ3n) is 14.4. The van der Waals surface area contributed by atoms with Crippen molar-refractivity contribution < 1.29 is 39.8 Å². The van der Waals surface area contributed by atoms with Gasteiger partial charge in [-0.25, -0.2) is 0 Å². The van der Waals surface area contributed by atoms with Crippen molar-refractivity contribution in [3.05, 3.63) is 36.5 Å². The molecule has 0 aliphatic carbocycles. The zero-order valence-corrected chi connectivity index (χ0v) is 45.8. The molecule has 1 fully saturated rings. The van der Waals surface area contributed by atoms with Crippen molar-refractivity contribution in [2.75, 3.05) is 13.2 Å². The number of carbonyl (C=O) groups is 1. The van der Waals surface area contributed by atoms with Gasteiger partial charge in [-0.15, -0.1) is 0 Å². The maximum Gasteiger partial charge on any atom is 0.220 e. The highest BCUT2D eigenvalue weighted by atomic mass is 16.7. The Balaban J connectivity index is 2.18. The summed E-state index contributed by atoms with van der Waals surface area (Å²) in [5.41, 5.74) is 0. The van der Waals surface area contributed by atoms with E-state index in [9.17, 15) is 30.3 Å². The minimum absolute atomic E-state index is 0.185. The smallest absolute Gasteiger partial charge is 0.220 e. The first-order valence-corrected chi connectivity index (χ1v) is 30.2. The third-order valence-corrected chi connectivity index (χ3v) is 14.4. The van der Waals surface area contributed by atoms with E-state index < -0.39 is 49.5 Å². The molecule has 0 bridgehead atoms. The van der Waals surface area contributed by atoms with Crippen LogP contribution >= 0.6 is 0 Å². The number of ether oxygens (including phenoxy) is 2. The predicted octanol–water partition coefficient (Wildman–Crippen LogP) is 15.1. The number of aliphatic hydroxyl groups excluding tert-OH is 5. The van der Waals surface area contributed by atoms with Gasteiger partial charge in [0.15, 0.2) is 6.29 Å². The minimum Gasteiger partial charge on any atom is -0.394 e. The van der Waals surface area contributed by atoms with Gasteiger partial charge in [-0.1, -0.05) is 275 Å².